The second-order valence-corrected chi connectivity index (χ2v) is 2.48. The average molecular weight is 156 g/mol. The second kappa shape index (κ2) is 5.96. The van der Waals surface area contributed by atoms with Gasteiger partial charge in [0.05, 0.1) is 13.0 Å². The van der Waals surface area contributed by atoms with Gasteiger partial charge in [0.25, 0.3) is 0 Å². The van der Waals surface area contributed by atoms with Crippen LogP contribution in [0, 0.1) is 0 Å². The van der Waals surface area contributed by atoms with Crippen molar-refractivity contribution in [1.29, 1.82) is 0 Å². The van der Waals surface area contributed by atoms with Crippen LogP contribution in [-0.4, -0.2) is 12.6 Å². The largest absolute Gasteiger partial charge is 0.466 e. The number of ether oxygens (including phenoxy) is 1. The number of hydrogen-bond acceptors (Lipinski definition) is 2. The van der Waals surface area contributed by atoms with Crippen LogP contribution < -0.4 is 0 Å². The van der Waals surface area contributed by atoms with Gasteiger partial charge in [-0.3, -0.25) is 4.79 Å². The van der Waals surface area contributed by atoms with E-state index in [0.29, 0.717) is 13.0 Å². The van der Waals surface area contributed by atoms with Crippen molar-refractivity contribution in [3.05, 3.63) is 12.2 Å². The Morgan fingerprint density at radius 1 is 1.45 bits per heavy atom. The zero-order chi connectivity index (χ0) is 8.69. The maximum Gasteiger partial charge on any atom is 0.309 e. The molecule has 2 nitrogen and oxygen atoms in total. The van der Waals surface area contributed by atoms with E-state index in [1.54, 1.807) is 6.92 Å². The zero-order valence-electron chi connectivity index (χ0n) is 7.35. The van der Waals surface area contributed by atoms with E-state index in [4.69, 9.17) is 4.74 Å². The van der Waals surface area contributed by atoms with Gasteiger partial charge in [-0.15, -0.1) is 0 Å². The summed E-state index contributed by atoms with van der Waals surface area (Å²) in [5, 5.41) is 0. The molecule has 0 aromatic carbocycles. The van der Waals surface area contributed by atoms with Crippen LogP contribution in [0.1, 0.15) is 33.1 Å². The fourth-order valence-electron chi connectivity index (χ4n) is 0.858. The smallest absolute Gasteiger partial charge is 0.309 e. The summed E-state index contributed by atoms with van der Waals surface area (Å²) in [5.41, 5.74) is 0.964. The fraction of sp³-hybridized carbons (Fsp3) is 0.667. The van der Waals surface area contributed by atoms with Crippen molar-refractivity contribution in [2.24, 2.45) is 0 Å². The van der Waals surface area contributed by atoms with Crippen molar-refractivity contribution in [2.75, 3.05) is 6.61 Å². The highest BCUT2D eigenvalue weighted by molar-refractivity contribution is 5.72. The van der Waals surface area contributed by atoms with Gasteiger partial charge >= 0.3 is 5.97 Å². The van der Waals surface area contributed by atoms with Crippen molar-refractivity contribution in [3.63, 3.8) is 0 Å². The van der Waals surface area contributed by atoms with Gasteiger partial charge in [-0.25, -0.2) is 0 Å². The molecule has 0 heterocycles. The quantitative estimate of drug-likeness (QED) is 0.451. The van der Waals surface area contributed by atoms with Gasteiger partial charge in [-0.1, -0.05) is 25.5 Å². The molecule has 11 heavy (non-hydrogen) atoms. The molecule has 0 aliphatic rings. The monoisotopic (exact) mass is 156 g/mol. The van der Waals surface area contributed by atoms with Crippen LogP contribution in [0.5, 0.6) is 0 Å². The number of carbonyl (C=O) groups is 1. The molecule has 0 atom stereocenters. The minimum absolute atomic E-state index is 0.161. The van der Waals surface area contributed by atoms with Crippen LogP contribution in [-0.2, 0) is 9.53 Å². The van der Waals surface area contributed by atoms with Crippen molar-refractivity contribution < 1.29 is 9.53 Å². The lowest BCUT2D eigenvalue weighted by atomic mass is 10.1. The standard InChI is InChI=1S/C9H16O2/c1-4-6-8(3)7-9(10)11-5-2/h3-7H2,1-2H3. The summed E-state index contributed by atoms with van der Waals surface area (Å²) in [6, 6.07) is 0. The highest BCUT2D eigenvalue weighted by atomic mass is 16.5. The van der Waals surface area contributed by atoms with E-state index in [1.165, 1.54) is 0 Å². The summed E-state index contributed by atoms with van der Waals surface area (Å²) in [6.45, 7) is 8.09. The van der Waals surface area contributed by atoms with Crippen LogP contribution in [0.2, 0.25) is 0 Å². The van der Waals surface area contributed by atoms with Crippen LogP contribution in [0.4, 0.5) is 0 Å². The third-order valence-corrected chi connectivity index (χ3v) is 1.30. The molecule has 0 unspecified atom stereocenters. The first kappa shape index (κ1) is 10.2. The highest BCUT2D eigenvalue weighted by Crippen LogP contribution is 2.07. The van der Waals surface area contributed by atoms with Gasteiger partial charge in [0.1, 0.15) is 0 Å². The third-order valence-electron chi connectivity index (χ3n) is 1.30. The molecule has 0 aliphatic carbocycles. The molecule has 0 aromatic heterocycles. The van der Waals surface area contributed by atoms with Crippen LogP contribution in [0.3, 0.4) is 0 Å². The maximum atomic E-state index is 10.8. The minimum atomic E-state index is -0.161. The Morgan fingerprint density at radius 2 is 2.09 bits per heavy atom. The summed E-state index contributed by atoms with van der Waals surface area (Å²) >= 11 is 0. The molecule has 0 saturated heterocycles. The molecule has 0 bridgehead atoms. The Hall–Kier alpha value is -0.790. The first-order chi connectivity index (χ1) is 5.20. The number of hydrogen-bond donors (Lipinski definition) is 0. The first-order valence-corrected chi connectivity index (χ1v) is 4.03. The molecule has 0 rings (SSSR count). The van der Waals surface area contributed by atoms with Gasteiger partial charge in [0.15, 0.2) is 0 Å². The first-order valence-electron chi connectivity index (χ1n) is 4.03. The predicted octanol–water partition coefficient (Wildman–Crippen LogP) is 2.30. The van der Waals surface area contributed by atoms with Gasteiger partial charge in [-0.2, -0.15) is 0 Å². The van der Waals surface area contributed by atoms with Crippen LogP contribution in [0.25, 0.3) is 0 Å². The van der Waals surface area contributed by atoms with Gasteiger partial charge < -0.3 is 4.74 Å². The Kier molecular flexibility index (Phi) is 5.53. The highest BCUT2D eigenvalue weighted by Gasteiger charge is 2.02. The average Bonchev–Trinajstić information content (AvgIpc) is 1.87. The Morgan fingerprint density at radius 3 is 2.55 bits per heavy atom. The Labute approximate surface area is 68.2 Å². The fourth-order valence-corrected chi connectivity index (χ4v) is 0.858. The second-order valence-electron chi connectivity index (χ2n) is 2.48. The Balaban J connectivity index is 3.49. The van der Waals surface area contributed by atoms with Crippen molar-refractivity contribution in [1.82, 2.24) is 0 Å². The van der Waals surface area contributed by atoms with E-state index in [1.807, 2.05) is 0 Å². The van der Waals surface area contributed by atoms with Gasteiger partial charge in [0.2, 0.25) is 0 Å². The molecule has 0 spiro atoms. The van der Waals surface area contributed by atoms with Crippen molar-refractivity contribution in [3.8, 4) is 0 Å². The number of esters is 1. The SMILES string of the molecule is C=C(CCC)CC(=O)OCC. The van der Waals surface area contributed by atoms with Crippen molar-refractivity contribution in [2.45, 2.75) is 33.1 Å². The summed E-state index contributed by atoms with van der Waals surface area (Å²) in [4.78, 5) is 10.8. The summed E-state index contributed by atoms with van der Waals surface area (Å²) in [6.07, 6.45) is 2.33. The van der Waals surface area contributed by atoms with E-state index in [2.05, 4.69) is 13.5 Å². The molecule has 0 aromatic rings. The number of rotatable bonds is 5. The lowest BCUT2D eigenvalue weighted by Crippen LogP contribution is -2.04. The summed E-state index contributed by atoms with van der Waals surface area (Å²) in [5.74, 6) is -0.161. The topological polar surface area (TPSA) is 26.3 Å². The molecule has 0 aliphatic heterocycles. The molecule has 0 amide bonds. The van der Waals surface area contributed by atoms with Gasteiger partial charge in [-0.05, 0) is 13.3 Å². The molecule has 0 radical (unpaired) electrons. The van der Waals surface area contributed by atoms with E-state index >= 15 is 0 Å². The van der Waals surface area contributed by atoms with E-state index in [-0.39, 0.29) is 5.97 Å². The van der Waals surface area contributed by atoms with E-state index in [9.17, 15) is 4.79 Å². The molecule has 0 N–H and O–H groups in total. The van der Waals surface area contributed by atoms with Crippen LogP contribution >= 0.6 is 0 Å². The lowest BCUT2D eigenvalue weighted by Gasteiger charge is -2.02. The molecular weight excluding hydrogens is 140 g/mol. The zero-order valence-corrected chi connectivity index (χ0v) is 7.35. The normalized spacial score (nSPS) is 9.27. The molecular formula is C9H16O2. The van der Waals surface area contributed by atoms with Gasteiger partial charge in [0, 0.05) is 0 Å². The summed E-state index contributed by atoms with van der Waals surface area (Å²) < 4.78 is 4.76. The molecule has 0 saturated carbocycles. The third kappa shape index (κ3) is 5.64. The molecule has 0 fully saturated rings. The lowest BCUT2D eigenvalue weighted by molar-refractivity contribution is -0.142. The van der Waals surface area contributed by atoms with E-state index in [0.717, 1.165) is 18.4 Å². The predicted molar refractivity (Wildman–Crippen MR) is 45.3 cm³/mol. The van der Waals surface area contributed by atoms with Crippen LogP contribution in [0.15, 0.2) is 12.2 Å². The minimum Gasteiger partial charge on any atom is -0.466 e. The molecule has 64 valence electrons. The van der Waals surface area contributed by atoms with Crippen molar-refractivity contribution >= 4 is 5.97 Å². The maximum absolute atomic E-state index is 10.8. The van der Waals surface area contributed by atoms with E-state index < -0.39 is 0 Å². The molecule has 2 heteroatoms. The number of carbonyl (C=O) groups excluding carboxylic acids is 1. The Bertz CT molecular complexity index is 122. The summed E-state index contributed by atoms with van der Waals surface area (Å²) in [7, 11) is 0.